The summed E-state index contributed by atoms with van der Waals surface area (Å²) < 4.78 is 0. The summed E-state index contributed by atoms with van der Waals surface area (Å²) in [6, 6.07) is 3.46. The molecule has 1 N–H and O–H groups in total. The topological polar surface area (TPSA) is 37.8 Å². The Morgan fingerprint density at radius 3 is 2.65 bits per heavy atom. The molecule has 2 bridgehead atoms. The molecular weight excluding hydrogens is 254 g/mol. The van der Waals surface area contributed by atoms with Crippen LogP contribution in [0.4, 0.5) is 0 Å². The number of rotatable bonds is 2. The van der Waals surface area contributed by atoms with Crippen molar-refractivity contribution in [1.82, 2.24) is 15.3 Å². The van der Waals surface area contributed by atoms with E-state index in [9.17, 15) is 0 Å². The van der Waals surface area contributed by atoms with Crippen molar-refractivity contribution in [1.29, 1.82) is 0 Å². The summed E-state index contributed by atoms with van der Waals surface area (Å²) >= 11 is 1.86. The highest BCUT2D eigenvalue weighted by molar-refractivity contribution is 7.99. The summed E-state index contributed by atoms with van der Waals surface area (Å²) in [4.78, 5) is 8.80. The van der Waals surface area contributed by atoms with E-state index in [1.807, 2.05) is 30.9 Å². The Bertz CT molecular complexity index is 376. The molecule has 0 radical (unpaired) electrons. The Morgan fingerprint density at radius 1 is 1.29 bits per heavy atom. The monoisotopic (exact) mass is 271 g/mol. The van der Waals surface area contributed by atoms with Gasteiger partial charge >= 0.3 is 0 Å². The molecule has 0 aliphatic carbocycles. The van der Waals surface area contributed by atoms with Crippen molar-refractivity contribution >= 4 is 24.2 Å². The number of hydrogen-bond acceptors (Lipinski definition) is 4. The number of halogens is 1. The number of thioether (sulfide) groups is 1. The van der Waals surface area contributed by atoms with Crippen LogP contribution in [-0.2, 0) is 0 Å². The number of hydrogen-bond donors (Lipinski definition) is 1. The first-order valence-corrected chi connectivity index (χ1v) is 6.90. The van der Waals surface area contributed by atoms with Gasteiger partial charge in [-0.05, 0) is 38.7 Å². The molecule has 2 aliphatic heterocycles. The van der Waals surface area contributed by atoms with E-state index < -0.39 is 0 Å². The predicted octanol–water partition coefficient (Wildman–Crippen LogP) is 2.58. The van der Waals surface area contributed by atoms with E-state index in [0.29, 0.717) is 5.25 Å². The first-order valence-electron chi connectivity index (χ1n) is 6.02. The van der Waals surface area contributed by atoms with Crippen molar-refractivity contribution in [3.05, 3.63) is 18.0 Å². The molecule has 0 aromatic carbocycles. The minimum absolute atomic E-state index is 0. The van der Waals surface area contributed by atoms with Crippen LogP contribution in [0.15, 0.2) is 17.4 Å². The van der Waals surface area contributed by atoms with Gasteiger partial charge in [0.25, 0.3) is 0 Å². The minimum atomic E-state index is 0. The van der Waals surface area contributed by atoms with E-state index in [-0.39, 0.29) is 12.4 Å². The SMILES string of the molecule is Cc1ccnc(SC2CC3CCC(C2)N3)n1.Cl. The maximum atomic E-state index is 4.47. The highest BCUT2D eigenvalue weighted by Crippen LogP contribution is 2.35. The second kappa shape index (κ2) is 5.55. The summed E-state index contributed by atoms with van der Waals surface area (Å²) in [7, 11) is 0. The van der Waals surface area contributed by atoms with Crippen molar-refractivity contribution in [2.45, 2.75) is 55.1 Å². The summed E-state index contributed by atoms with van der Waals surface area (Å²) in [5.41, 5.74) is 1.06. The smallest absolute Gasteiger partial charge is 0.187 e. The van der Waals surface area contributed by atoms with Crippen LogP contribution in [0.3, 0.4) is 0 Å². The summed E-state index contributed by atoms with van der Waals surface area (Å²) in [5, 5.41) is 5.32. The fourth-order valence-electron chi connectivity index (χ4n) is 2.73. The van der Waals surface area contributed by atoms with Crippen molar-refractivity contribution in [2.75, 3.05) is 0 Å². The van der Waals surface area contributed by atoms with Crippen molar-refractivity contribution in [3.63, 3.8) is 0 Å². The molecule has 1 aromatic rings. The molecule has 1 aromatic heterocycles. The number of aryl methyl sites for hydroxylation is 1. The van der Waals surface area contributed by atoms with Crippen LogP contribution < -0.4 is 5.32 Å². The molecule has 0 saturated carbocycles. The lowest BCUT2D eigenvalue weighted by Crippen LogP contribution is -2.39. The Balaban J connectivity index is 0.00000108. The number of piperidine rings is 1. The van der Waals surface area contributed by atoms with Crippen LogP contribution >= 0.6 is 24.2 Å². The Kier molecular flexibility index (Phi) is 4.28. The molecule has 2 unspecified atom stereocenters. The molecule has 3 rings (SSSR count). The lowest BCUT2D eigenvalue weighted by molar-refractivity contribution is 0.414. The van der Waals surface area contributed by atoms with Gasteiger partial charge < -0.3 is 5.32 Å². The Morgan fingerprint density at radius 2 is 2.00 bits per heavy atom. The Hall–Kier alpha value is -0.320. The molecule has 17 heavy (non-hydrogen) atoms. The zero-order chi connectivity index (χ0) is 11.0. The number of nitrogens with one attached hydrogen (secondary N) is 1. The second-order valence-corrected chi connectivity index (χ2v) is 6.10. The molecule has 2 atom stereocenters. The number of nitrogens with zero attached hydrogens (tertiary/aromatic N) is 2. The van der Waals surface area contributed by atoms with Gasteiger partial charge in [0.05, 0.1) is 0 Å². The predicted molar refractivity (Wildman–Crippen MR) is 72.8 cm³/mol. The maximum absolute atomic E-state index is 4.47. The summed E-state index contributed by atoms with van der Waals surface area (Å²) in [6.07, 6.45) is 7.13. The van der Waals surface area contributed by atoms with Gasteiger partial charge in [0, 0.05) is 29.2 Å². The molecule has 2 saturated heterocycles. The zero-order valence-electron chi connectivity index (χ0n) is 9.93. The van der Waals surface area contributed by atoms with Crippen LogP contribution in [0.25, 0.3) is 0 Å². The highest BCUT2D eigenvalue weighted by atomic mass is 35.5. The van der Waals surface area contributed by atoms with Gasteiger partial charge in [-0.25, -0.2) is 9.97 Å². The van der Waals surface area contributed by atoms with Crippen LogP contribution in [0.2, 0.25) is 0 Å². The molecular formula is C12H18ClN3S. The van der Waals surface area contributed by atoms with Crippen molar-refractivity contribution < 1.29 is 0 Å². The first kappa shape index (κ1) is 13.1. The third-order valence-electron chi connectivity index (χ3n) is 3.47. The van der Waals surface area contributed by atoms with E-state index >= 15 is 0 Å². The molecule has 5 heteroatoms. The Labute approximate surface area is 113 Å². The molecule has 2 aliphatic rings. The molecule has 0 amide bonds. The summed E-state index contributed by atoms with van der Waals surface area (Å²) in [6.45, 7) is 2.03. The van der Waals surface area contributed by atoms with Gasteiger partial charge in [0.1, 0.15) is 0 Å². The van der Waals surface area contributed by atoms with E-state index in [1.165, 1.54) is 25.7 Å². The molecule has 3 nitrogen and oxygen atoms in total. The van der Waals surface area contributed by atoms with E-state index in [4.69, 9.17) is 0 Å². The average Bonchev–Trinajstić information content (AvgIpc) is 2.58. The number of aromatic nitrogens is 2. The fraction of sp³-hybridized carbons (Fsp3) is 0.667. The van der Waals surface area contributed by atoms with E-state index in [1.54, 1.807) is 0 Å². The van der Waals surface area contributed by atoms with Gasteiger partial charge in [0.15, 0.2) is 5.16 Å². The van der Waals surface area contributed by atoms with Crippen LogP contribution in [0.1, 0.15) is 31.4 Å². The molecule has 2 fully saturated rings. The van der Waals surface area contributed by atoms with Gasteiger partial charge in [-0.2, -0.15) is 0 Å². The largest absolute Gasteiger partial charge is 0.311 e. The lowest BCUT2D eigenvalue weighted by atomic mass is 10.1. The lowest BCUT2D eigenvalue weighted by Gasteiger charge is -2.27. The fourth-order valence-corrected chi connectivity index (χ4v) is 4.01. The standard InChI is InChI=1S/C12H17N3S.ClH/c1-8-4-5-13-12(14-8)16-11-6-9-2-3-10(7-11)15-9;/h4-5,9-11,15H,2-3,6-7H2,1H3;1H. The molecule has 3 heterocycles. The second-order valence-electron chi connectivity index (χ2n) is 4.83. The van der Waals surface area contributed by atoms with E-state index in [2.05, 4.69) is 15.3 Å². The average molecular weight is 272 g/mol. The molecule has 94 valence electrons. The van der Waals surface area contributed by atoms with Gasteiger partial charge in [0.2, 0.25) is 0 Å². The summed E-state index contributed by atoms with van der Waals surface area (Å²) in [5.74, 6) is 0. The highest BCUT2D eigenvalue weighted by Gasteiger charge is 2.34. The van der Waals surface area contributed by atoms with Crippen molar-refractivity contribution in [3.8, 4) is 0 Å². The van der Waals surface area contributed by atoms with Crippen LogP contribution in [-0.4, -0.2) is 27.3 Å². The molecule has 0 spiro atoms. The third-order valence-corrected chi connectivity index (χ3v) is 4.60. The normalized spacial score (nSPS) is 31.0. The van der Waals surface area contributed by atoms with Gasteiger partial charge in [-0.15, -0.1) is 12.4 Å². The van der Waals surface area contributed by atoms with Crippen LogP contribution in [0.5, 0.6) is 0 Å². The quantitative estimate of drug-likeness (QED) is 0.839. The van der Waals surface area contributed by atoms with E-state index in [0.717, 1.165) is 22.9 Å². The third kappa shape index (κ3) is 3.12. The van der Waals surface area contributed by atoms with Crippen LogP contribution in [0, 0.1) is 6.92 Å². The van der Waals surface area contributed by atoms with Crippen molar-refractivity contribution in [2.24, 2.45) is 0 Å². The minimum Gasteiger partial charge on any atom is -0.311 e. The zero-order valence-corrected chi connectivity index (χ0v) is 11.6. The van der Waals surface area contributed by atoms with Gasteiger partial charge in [-0.1, -0.05) is 11.8 Å². The van der Waals surface area contributed by atoms with Gasteiger partial charge in [-0.3, -0.25) is 0 Å². The first-order chi connectivity index (χ1) is 7.79. The maximum Gasteiger partial charge on any atom is 0.187 e. The number of fused-ring (bicyclic) bond motifs is 2.